The largest absolute Gasteiger partial charge is 0.389 e. The Morgan fingerprint density at radius 3 is 2.53 bits per heavy atom. The highest BCUT2D eigenvalue weighted by Crippen LogP contribution is 2.39. The van der Waals surface area contributed by atoms with Crippen LogP contribution in [0.1, 0.15) is 61.8 Å². The van der Waals surface area contributed by atoms with Crippen LogP contribution in [0.3, 0.4) is 0 Å². The zero-order valence-corrected chi connectivity index (χ0v) is 28.1. The number of fused-ring (bicyclic) bond motifs is 1. The van der Waals surface area contributed by atoms with Gasteiger partial charge in [0.15, 0.2) is 17.3 Å². The molecule has 4 aromatic rings. The van der Waals surface area contributed by atoms with Crippen LogP contribution in [0, 0.1) is 5.92 Å². The fourth-order valence-electron chi connectivity index (χ4n) is 6.20. The number of anilines is 3. The lowest BCUT2D eigenvalue weighted by molar-refractivity contribution is 0.500. The lowest BCUT2D eigenvalue weighted by Crippen LogP contribution is -2.18. The number of hydrogen-bond acceptors (Lipinski definition) is 9. The number of hydrogen-bond donors (Lipinski definition) is 4. The van der Waals surface area contributed by atoms with Crippen LogP contribution in [0.4, 0.5) is 17.6 Å². The fourth-order valence-corrected chi connectivity index (χ4v) is 6.20. The summed E-state index contributed by atoms with van der Waals surface area (Å²) in [5, 5.41) is 9.80. The highest BCUT2D eigenvalue weighted by molar-refractivity contribution is 5.83. The van der Waals surface area contributed by atoms with Crippen LogP contribution >= 0.6 is 0 Å². The van der Waals surface area contributed by atoms with E-state index in [1.807, 2.05) is 36.0 Å². The van der Waals surface area contributed by atoms with Gasteiger partial charge in [-0.05, 0) is 56.5 Å². The van der Waals surface area contributed by atoms with Gasteiger partial charge < -0.3 is 35.7 Å². The minimum atomic E-state index is 0.283. The van der Waals surface area contributed by atoms with Gasteiger partial charge in [0.05, 0.1) is 12.0 Å². The Kier molecular flexibility index (Phi) is 10.1. The predicted octanol–water partition coefficient (Wildman–Crippen LogP) is 6.11. The van der Waals surface area contributed by atoms with Crippen molar-refractivity contribution in [3.63, 3.8) is 0 Å². The van der Waals surface area contributed by atoms with Gasteiger partial charge >= 0.3 is 0 Å². The van der Waals surface area contributed by atoms with Gasteiger partial charge in [-0.3, -0.25) is 0 Å². The Balaban J connectivity index is 1.25. The zero-order chi connectivity index (χ0) is 33.7. The normalized spacial score (nSPS) is 16.0. The number of nitrogens with one attached hydrogen (secondary N) is 3. The van der Waals surface area contributed by atoms with Gasteiger partial charge in [0, 0.05) is 57.0 Å². The second-order valence-electron chi connectivity index (χ2n) is 11.9. The summed E-state index contributed by atoms with van der Waals surface area (Å²) < 4.78 is 4.17. The number of nitrogens with two attached hydrogens (primary N) is 1. The van der Waals surface area contributed by atoms with Crippen molar-refractivity contribution < 1.29 is 0 Å². The number of nitrogen functional groups attached to an aromatic ring is 1. The number of aromatic nitrogens is 6. The van der Waals surface area contributed by atoms with E-state index in [9.17, 15) is 0 Å². The lowest BCUT2D eigenvalue weighted by atomic mass is 10.0. The summed E-state index contributed by atoms with van der Waals surface area (Å²) >= 11 is 0. The molecule has 11 nitrogen and oxygen atoms in total. The summed E-state index contributed by atoms with van der Waals surface area (Å²) in [5.41, 5.74) is 13.4. The standard InChI is InChI=1S/C36H47N11/c1-9-39-24(5)28-17-18-29(21-28)47-22-40-31-33(37)43-36(44-34(31)47)41-23(4)20-27-14-12-26(13-15-27)16-19-30-42-35(46(10-2)11-3)32(45(30)8)25(6)38-7/h10,12-16,19,22,28-29,38-39H,2,4-6,9,11,17-18,20-21H2,1,3,7-8H3,(H3,37,41,43,44)/b19-16+. The van der Waals surface area contributed by atoms with Crippen molar-refractivity contribution in [2.24, 2.45) is 13.0 Å². The summed E-state index contributed by atoms with van der Waals surface area (Å²) in [5.74, 6) is 2.83. The van der Waals surface area contributed by atoms with Gasteiger partial charge in [-0.1, -0.05) is 56.7 Å². The summed E-state index contributed by atoms with van der Waals surface area (Å²) in [6.07, 6.45) is 11.4. The molecule has 0 saturated heterocycles. The fraction of sp³-hybridized carbons (Fsp3) is 0.333. The summed E-state index contributed by atoms with van der Waals surface area (Å²) in [7, 11) is 3.85. The van der Waals surface area contributed by atoms with E-state index in [0.29, 0.717) is 29.6 Å². The van der Waals surface area contributed by atoms with E-state index in [0.717, 1.165) is 83.6 Å². The predicted molar refractivity (Wildman–Crippen MR) is 195 cm³/mol. The number of benzene rings is 1. The maximum absolute atomic E-state index is 6.32. The Bertz CT molecular complexity index is 1810. The van der Waals surface area contributed by atoms with Crippen molar-refractivity contribution in [3.05, 3.63) is 97.1 Å². The molecule has 1 saturated carbocycles. The first-order valence-corrected chi connectivity index (χ1v) is 16.1. The summed E-state index contributed by atoms with van der Waals surface area (Å²) in [6.45, 7) is 22.4. The molecule has 11 heteroatoms. The lowest BCUT2D eigenvalue weighted by Gasteiger charge is -2.18. The molecule has 3 heterocycles. The Morgan fingerprint density at radius 1 is 1.09 bits per heavy atom. The molecule has 47 heavy (non-hydrogen) atoms. The second-order valence-corrected chi connectivity index (χ2v) is 11.9. The van der Waals surface area contributed by atoms with Crippen molar-refractivity contribution in [1.82, 2.24) is 39.7 Å². The van der Waals surface area contributed by atoms with Crippen molar-refractivity contribution in [3.8, 4) is 0 Å². The second kappa shape index (κ2) is 14.4. The summed E-state index contributed by atoms with van der Waals surface area (Å²) in [4.78, 5) is 20.7. The third-order valence-electron chi connectivity index (χ3n) is 8.79. The molecule has 3 aromatic heterocycles. The van der Waals surface area contributed by atoms with Crippen LogP contribution in [0.25, 0.3) is 29.0 Å². The van der Waals surface area contributed by atoms with Crippen LogP contribution in [0.5, 0.6) is 0 Å². The van der Waals surface area contributed by atoms with E-state index in [2.05, 4.69) is 101 Å². The number of rotatable bonds is 15. The van der Waals surface area contributed by atoms with E-state index >= 15 is 0 Å². The van der Waals surface area contributed by atoms with Crippen LogP contribution < -0.4 is 26.6 Å². The molecule has 0 amide bonds. The molecule has 5 rings (SSSR count). The topological polar surface area (TPSA) is 127 Å². The van der Waals surface area contributed by atoms with Crippen molar-refractivity contribution in [2.45, 2.75) is 45.6 Å². The Hall–Kier alpha value is -5.32. The van der Waals surface area contributed by atoms with Crippen LogP contribution in [0.15, 0.2) is 74.5 Å². The molecule has 1 aromatic carbocycles. The van der Waals surface area contributed by atoms with Gasteiger partial charge in [0.25, 0.3) is 0 Å². The zero-order valence-electron chi connectivity index (χ0n) is 28.1. The van der Waals surface area contributed by atoms with Crippen molar-refractivity contribution in [2.75, 3.05) is 36.1 Å². The van der Waals surface area contributed by atoms with Gasteiger partial charge in [-0.2, -0.15) is 9.97 Å². The highest BCUT2D eigenvalue weighted by Gasteiger charge is 2.29. The monoisotopic (exact) mass is 633 g/mol. The molecule has 0 spiro atoms. The average molecular weight is 634 g/mol. The van der Waals surface area contributed by atoms with Gasteiger partial charge in [0.2, 0.25) is 5.95 Å². The molecule has 0 bridgehead atoms. The maximum Gasteiger partial charge on any atom is 0.231 e. The third kappa shape index (κ3) is 7.09. The van der Waals surface area contributed by atoms with E-state index in [-0.39, 0.29) is 6.04 Å². The molecule has 0 aliphatic heterocycles. The first-order chi connectivity index (χ1) is 22.7. The molecule has 5 N–H and O–H groups in total. The Morgan fingerprint density at radius 2 is 1.85 bits per heavy atom. The van der Waals surface area contributed by atoms with Gasteiger partial charge in [0.1, 0.15) is 17.0 Å². The molecule has 2 atom stereocenters. The molecular weight excluding hydrogens is 586 g/mol. The molecule has 246 valence electrons. The minimum absolute atomic E-state index is 0.283. The highest BCUT2D eigenvalue weighted by atomic mass is 15.2. The molecule has 1 fully saturated rings. The molecule has 2 unspecified atom stereocenters. The van der Waals surface area contributed by atoms with Gasteiger partial charge in [-0.25, -0.2) is 9.97 Å². The van der Waals surface area contributed by atoms with E-state index < -0.39 is 0 Å². The van der Waals surface area contributed by atoms with E-state index in [1.165, 1.54) is 0 Å². The van der Waals surface area contributed by atoms with Crippen molar-refractivity contribution >= 4 is 46.6 Å². The van der Waals surface area contributed by atoms with Crippen LogP contribution in [-0.2, 0) is 13.5 Å². The first-order valence-electron chi connectivity index (χ1n) is 16.1. The Labute approximate surface area is 277 Å². The van der Waals surface area contributed by atoms with Gasteiger partial charge in [-0.15, -0.1) is 0 Å². The molecule has 0 radical (unpaired) electrons. The molecule has 1 aliphatic rings. The summed E-state index contributed by atoms with van der Waals surface area (Å²) in [6, 6.07) is 8.62. The first kappa shape index (κ1) is 33.1. The van der Waals surface area contributed by atoms with Crippen LogP contribution in [-0.4, -0.2) is 49.2 Å². The molecular formula is C36H47N11. The number of imidazole rings is 2. The minimum Gasteiger partial charge on any atom is -0.389 e. The maximum atomic E-state index is 6.32. The van der Waals surface area contributed by atoms with Crippen molar-refractivity contribution in [1.29, 1.82) is 0 Å². The third-order valence-corrected chi connectivity index (χ3v) is 8.79. The van der Waals surface area contributed by atoms with E-state index in [4.69, 9.17) is 15.7 Å². The van der Waals surface area contributed by atoms with Crippen LogP contribution in [0.2, 0.25) is 0 Å². The quantitative estimate of drug-likeness (QED) is 0.123. The number of nitrogens with zero attached hydrogens (tertiary/aromatic N) is 7. The smallest absolute Gasteiger partial charge is 0.231 e. The SMILES string of the molecule is C=CN(CC)c1nc(/C=C/c2ccc(CC(=C)Nc3nc(N)c4ncn(C5CCC(C(=C)NCC)C5)c4n3)cc2)n(C)c1C(=C)NC. The molecule has 1 aliphatic carbocycles. The van der Waals surface area contributed by atoms with E-state index in [1.54, 1.807) is 6.20 Å². The number of allylic oxidation sites excluding steroid dienone is 2. The average Bonchev–Trinajstić information content (AvgIpc) is 3.79.